The quantitative estimate of drug-likeness (QED) is 0.833. The van der Waals surface area contributed by atoms with Crippen LogP contribution in [0.4, 0.5) is 0 Å². The lowest BCUT2D eigenvalue weighted by Crippen LogP contribution is -2.45. The summed E-state index contributed by atoms with van der Waals surface area (Å²) in [6.07, 6.45) is 6.72. The van der Waals surface area contributed by atoms with Crippen molar-refractivity contribution in [3.63, 3.8) is 0 Å². The largest absolute Gasteiger partial charge is 0.497 e. The molecule has 1 spiro atoms. The number of hydrogen-bond acceptors (Lipinski definition) is 3. The van der Waals surface area contributed by atoms with Crippen LogP contribution in [0.5, 0.6) is 11.5 Å². The zero-order valence-corrected chi connectivity index (χ0v) is 13.2. The second kappa shape index (κ2) is 3.89. The van der Waals surface area contributed by atoms with Gasteiger partial charge in [0.15, 0.2) is 17.6 Å². The van der Waals surface area contributed by atoms with Gasteiger partial charge in [0.25, 0.3) is 0 Å². The van der Waals surface area contributed by atoms with Crippen molar-refractivity contribution < 1.29 is 14.2 Å². The zero-order chi connectivity index (χ0) is 15.1. The molecular weight excluding hydrogens is 276 g/mol. The molecule has 1 aromatic rings. The Hall–Kier alpha value is -1.90. The van der Waals surface area contributed by atoms with Crippen LogP contribution in [0, 0.1) is 5.92 Å². The van der Waals surface area contributed by atoms with Gasteiger partial charge in [-0.25, -0.2) is 0 Å². The van der Waals surface area contributed by atoms with E-state index in [0.29, 0.717) is 11.8 Å². The van der Waals surface area contributed by atoms with E-state index in [1.54, 1.807) is 14.2 Å². The summed E-state index contributed by atoms with van der Waals surface area (Å²) >= 11 is 0. The molecule has 1 saturated carbocycles. The second-order valence-corrected chi connectivity index (χ2v) is 6.96. The monoisotopic (exact) mass is 296 g/mol. The van der Waals surface area contributed by atoms with Crippen molar-refractivity contribution in [3.05, 3.63) is 46.7 Å². The fourth-order valence-corrected chi connectivity index (χ4v) is 5.38. The third kappa shape index (κ3) is 1.18. The first-order valence-corrected chi connectivity index (χ1v) is 8.05. The van der Waals surface area contributed by atoms with Crippen LogP contribution in [0.25, 0.3) is 0 Å². The molecule has 3 heteroatoms. The molecule has 3 aliphatic carbocycles. The molecule has 0 radical (unpaired) electrons. The summed E-state index contributed by atoms with van der Waals surface area (Å²) in [5.74, 6) is 3.94. The van der Waals surface area contributed by atoms with Crippen LogP contribution in [-0.2, 0) is 10.2 Å². The summed E-state index contributed by atoms with van der Waals surface area (Å²) in [7, 11) is 3.46. The lowest BCUT2D eigenvalue weighted by molar-refractivity contribution is 0.0990. The van der Waals surface area contributed by atoms with Gasteiger partial charge in [-0.05, 0) is 42.4 Å². The van der Waals surface area contributed by atoms with Crippen LogP contribution in [-0.4, -0.2) is 20.3 Å². The molecule has 22 heavy (non-hydrogen) atoms. The molecule has 5 rings (SSSR count). The van der Waals surface area contributed by atoms with E-state index in [1.165, 1.54) is 23.1 Å². The SMILES string of the molecule is COC1=CC=C2C(C)CC3CC24c2c3ccc(OC)c2OC14. The van der Waals surface area contributed by atoms with Gasteiger partial charge in [-0.3, -0.25) is 0 Å². The Morgan fingerprint density at radius 2 is 2.05 bits per heavy atom. The van der Waals surface area contributed by atoms with Crippen molar-refractivity contribution in [2.75, 3.05) is 14.2 Å². The Balaban J connectivity index is 1.85. The summed E-state index contributed by atoms with van der Waals surface area (Å²) in [5.41, 5.74) is 4.33. The van der Waals surface area contributed by atoms with Crippen molar-refractivity contribution >= 4 is 0 Å². The number of allylic oxidation sites excluding steroid dienone is 2. The Labute approximate surface area is 130 Å². The fourth-order valence-electron chi connectivity index (χ4n) is 5.38. The van der Waals surface area contributed by atoms with Gasteiger partial charge in [0.2, 0.25) is 0 Å². The van der Waals surface area contributed by atoms with Crippen molar-refractivity contribution in [1.82, 2.24) is 0 Å². The Morgan fingerprint density at radius 1 is 1.18 bits per heavy atom. The van der Waals surface area contributed by atoms with Crippen LogP contribution >= 0.6 is 0 Å². The summed E-state index contributed by atoms with van der Waals surface area (Å²) in [6, 6.07) is 4.32. The highest BCUT2D eigenvalue weighted by atomic mass is 16.6. The molecule has 4 atom stereocenters. The maximum absolute atomic E-state index is 6.41. The summed E-state index contributed by atoms with van der Waals surface area (Å²) in [5, 5.41) is 0. The number of benzene rings is 1. The molecule has 0 amide bonds. The number of fused-ring (bicyclic) bond motifs is 2. The van der Waals surface area contributed by atoms with Crippen LogP contribution in [0.1, 0.15) is 36.8 Å². The van der Waals surface area contributed by atoms with Gasteiger partial charge < -0.3 is 14.2 Å². The predicted molar refractivity (Wildman–Crippen MR) is 83.4 cm³/mol. The highest BCUT2D eigenvalue weighted by molar-refractivity contribution is 5.68. The molecule has 4 unspecified atom stereocenters. The average Bonchev–Trinajstić information content (AvgIpc) is 2.99. The third-order valence-electron chi connectivity index (χ3n) is 6.12. The summed E-state index contributed by atoms with van der Waals surface area (Å²) < 4.78 is 17.6. The van der Waals surface area contributed by atoms with Gasteiger partial charge in [0.1, 0.15) is 5.76 Å². The molecule has 1 aliphatic heterocycles. The number of rotatable bonds is 2. The van der Waals surface area contributed by atoms with E-state index in [0.717, 1.165) is 23.7 Å². The van der Waals surface area contributed by atoms with Gasteiger partial charge in [-0.15, -0.1) is 0 Å². The lowest BCUT2D eigenvalue weighted by atomic mass is 9.61. The Kier molecular flexibility index (Phi) is 2.23. The summed E-state index contributed by atoms with van der Waals surface area (Å²) in [6.45, 7) is 2.35. The molecule has 4 aliphatic rings. The maximum atomic E-state index is 6.41. The molecule has 2 bridgehead atoms. The van der Waals surface area contributed by atoms with Crippen LogP contribution in [0.15, 0.2) is 35.6 Å². The van der Waals surface area contributed by atoms with E-state index < -0.39 is 0 Å². The van der Waals surface area contributed by atoms with Crippen molar-refractivity contribution in [3.8, 4) is 11.5 Å². The van der Waals surface area contributed by atoms with Gasteiger partial charge >= 0.3 is 0 Å². The van der Waals surface area contributed by atoms with Crippen molar-refractivity contribution in [2.24, 2.45) is 5.92 Å². The van der Waals surface area contributed by atoms with Gasteiger partial charge in [0, 0.05) is 5.56 Å². The van der Waals surface area contributed by atoms with Crippen LogP contribution < -0.4 is 9.47 Å². The van der Waals surface area contributed by atoms with Crippen LogP contribution in [0.3, 0.4) is 0 Å². The van der Waals surface area contributed by atoms with Crippen molar-refractivity contribution in [2.45, 2.75) is 37.2 Å². The van der Waals surface area contributed by atoms with Gasteiger partial charge in [-0.1, -0.05) is 24.6 Å². The number of methoxy groups -OCH3 is 2. The molecular formula is C19H20O3. The predicted octanol–water partition coefficient (Wildman–Crippen LogP) is 3.69. The molecule has 3 nitrogen and oxygen atoms in total. The molecule has 1 fully saturated rings. The highest BCUT2D eigenvalue weighted by Crippen LogP contribution is 2.68. The van der Waals surface area contributed by atoms with E-state index in [-0.39, 0.29) is 11.5 Å². The summed E-state index contributed by atoms with van der Waals surface area (Å²) in [4.78, 5) is 0. The first-order valence-electron chi connectivity index (χ1n) is 8.05. The molecule has 0 N–H and O–H groups in total. The Morgan fingerprint density at radius 3 is 2.82 bits per heavy atom. The molecule has 1 heterocycles. The third-order valence-corrected chi connectivity index (χ3v) is 6.12. The number of ether oxygens (including phenoxy) is 3. The second-order valence-electron chi connectivity index (χ2n) is 6.96. The molecule has 1 aromatic carbocycles. The maximum Gasteiger partial charge on any atom is 0.169 e. The first kappa shape index (κ1) is 12.6. The first-order chi connectivity index (χ1) is 10.7. The molecule has 114 valence electrons. The minimum Gasteiger partial charge on any atom is -0.497 e. The fraction of sp³-hybridized carbons (Fsp3) is 0.474. The van der Waals surface area contributed by atoms with Gasteiger partial charge in [0.05, 0.1) is 19.6 Å². The highest BCUT2D eigenvalue weighted by Gasteiger charge is 2.64. The van der Waals surface area contributed by atoms with Crippen molar-refractivity contribution in [1.29, 1.82) is 0 Å². The minimum atomic E-state index is -0.0321. The van der Waals surface area contributed by atoms with E-state index in [9.17, 15) is 0 Å². The minimum absolute atomic E-state index is 0.0262. The standard InChI is InChI=1S/C19H20O3/c1-10-8-11-9-19-13(10)5-7-15(21-3)18(19)22-17-14(20-2)6-4-12(11)16(17)19/h4-7,10-11,18H,8-9H2,1-3H3. The topological polar surface area (TPSA) is 27.7 Å². The molecule has 0 aromatic heterocycles. The normalized spacial score (nSPS) is 36.2. The van der Waals surface area contributed by atoms with E-state index >= 15 is 0 Å². The smallest absolute Gasteiger partial charge is 0.169 e. The van der Waals surface area contributed by atoms with Crippen LogP contribution in [0.2, 0.25) is 0 Å². The molecule has 0 saturated heterocycles. The van der Waals surface area contributed by atoms with E-state index in [2.05, 4.69) is 31.2 Å². The van der Waals surface area contributed by atoms with E-state index in [4.69, 9.17) is 14.2 Å². The lowest BCUT2D eigenvalue weighted by Gasteiger charge is -2.43. The average molecular weight is 296 g/mol. The van der Waals surface area contributed by atoms with E-state index in [1.807, 2.05) is 0 Å². The van der Waals surface area contributed by atoms with Gasteiger partial charge in [-0.2, -0.15) is 0 Å². The zero-order valence-electron chi connectivity index (χ0n) is 13.2. The Bertz CT molecular complexity index is 745. The number of hydrogen-bond donors (Lipinski definition) is 0.